The van der Waals surface area contributed by atoms with Gasteiger partial charge in [0.25, 0.3) is 0 Å². The first-order valence-electron chi connectivity index (χ1n) is 23.3. The molecule has 0 radical (unpaired) electrons. The van der Waals surface area contributed by atoms with Crippen LogP contribution in [0.1, 0.15) is 41.7 Å². The Hall–Kier alpha value is -8.14. The highest BCUT2D eigenvalue weighted by molar-refractivity contribution is 6.18. The summed E-state index contributed by atoms with van der Waals surface area (Å²) in [4.78, 5) is 10.5. The van der Waals surface area contributed by atoms with E-state index in [1.165, 1.54) is 94.1 Å². The Kier molecular flexibility index (Phi) is 9.51. The minimum Gasteiger partial charge on any atom is -0.309 e. The van der Waals surface area contributed by atoms with Gasteiger partial charge < -0.3 is 4.57 Å². The average molecular weight is 860 g/mol. The monoisotopic (exact) mass is 859 g/mol. The van der Waals surface area contributed by atoms with Gasteiger partial charge in [-0.2, -0.15) is 0 Å². The number of fused-ring (bicyclic) bond motifs is 7. The van der Waals surface area contributed by atoms with E-state index >= 15 is 0 Å². The van der Waals surface area contributed by atoms with Gasteiger partial charge in [-0.15, -0.1) is 0 Å². The van der Waals surface area contributed by atoms with Crippen molar-refractivity contribution < 1.29 is 0 Å². The molecular formula is C64H49N3. The van der Waals surface area contributed by atoms with E-state index in [9.17, 15) is 0 Å². The van der Waals surface area contributed by atoms with Gasteiger partial charge in [0, 0.05) is 44.1 Å². The molecule has 0 saturated carbocycles. The molecule has 320 valence electrons. The molecule has 3 heteroatoms. The minimum absolute atomic E-state index is 0.233. The molecule has 2 heterocycles. The summed E-state index contributed by atoms with van der Waals surface area (Å²) in [6.07, 6.45) is 0. The highest BCUT2D eigenvalue weighted by Gasteiger charge is 2.40. The van der Waals surface area contributed by atoms with Crippen LogP contribution in [0, 0.1) is 20.8 Å². The number of rotatable bonds is 7. The van der Waals surface area contributed by atoms with Crippen LogP contribution in [0.5, 0.6) is 0 Å². The second kappa shape index (κ2) is 15.8. The van der Waals surface area contributed by atoms with Gasteiger partial charge in [0.2, 0.25) is 0 Å². The molecule has 67 heavy (non-hydrogen) atoms. The van der Waals surface area contributed by atoms with Crippen molar-refractivity contribution in [1.82, 2.24) is 14.5 Å². The Bertz CT molecular complexity index is 3660. The van der Waals surface area contributed by atoms with Gasteiger partial charge >= 0.3 is 0 Å². The van der Waals surface area contributed by atoms with Crippen LogP contribution >= 0.6 is 0 Å². The van der Waals surface area contributed by atoms with Crippen molar-refractivity contribution >= 4 is 21.8 Å². The zero-order valence-corrected chi connectivity index (χ0v) is 38.5. The van der Waals surface area contributed by atoms with Gasteiger partial charge in [-0.25, -0.2) is 9.97 Å². The van der Waals surface area contributed by atoms with Crippen molar-refractivity contribution in [3.05, 3.63) is 234 Å². The molecule has 0 bridgehead atoms. The molecule has 2 aromatic heterocycles. The molecule has 12 rings (SSSR count). The lowest BCUT2D eigenvalue weighted by molar-refractivity contribution is 0.662. The third-order valence-electron chi connectivity index (χ3n) is 14.1. The number of hydrogen-bond donors (Lipinski definition) is 0. The number of nitrogens with zero attached hydrogens (tertiary/aromatic N) is 3. The van der Waals surface area contributed by atoms with Gasteiger partial charge in [0.1, 0.15) is 0 Å². The lowest BCUT2D eigenvalue weighted by Gasteiger charge is -2.25. The van der Waals surface area contributed by atoms with Crippen molar-refractivity contribution in [3.8, 4) is 84.1 Å². The quantitative estimate of drug-likeness (QED) is 0.160. The summed E-state index contributed by atoms with van der Waals surface area (Å²) in [7, 11) is 0. The molecule has 1 aliphatic rings. The second-order valence-electron chi connectivity index (χ2n) is 18.7. The third kappa shape index (κ3) is 6.64. The summed E-state index contributed by atoms with van der Waals surface area (Å²) in [5.74, 6) is 0.708. The van der Waals surface area contributed by atoms with E-state index in [1.54, 1.807) is 0 Å². The highest BCUT2D eigenvalue weighted by Crippen LogP contribution is 2.56. The van der Waals surface area contributed by atoms with E-state index in [0.717, 1.165) is 33.8 Å². The fourth-order valence-corrected chi connectivity index (χ4v) is 11.0. The molecule has 0 unspecified atom stereocenters. The third-order valence-corrected chi connectivity index (χ3v) is 14.1. The maximum atomic E-state index is 5.38. The van der Waals surface area contributed by atoms with Crippen LogP contribution in [-0.4, -0.2) is 14.5 Å². The lowest BCUT2D eigenvalue weighted by atomic mass is 9.78. The Morgan fingerprint density at radius 2 is 1.03 bits per heavy atom. The number of aryl methyl sites for hydroxylation is 3. The van der Waals surface area contributed by atoms with Crippen LogP contribution in [0.15, 0.2) is 206 Å². The zero-order chi connectivity index (χ0) is 45.4. The van der Waals surface area contributed by atoms with E-state index in [1.807, 2.05) is 6.07 Å². The summed E-state index contributed by atoms with van der Waals surface area (Å²) in [6.45, 7) is 11.5. The van der Waals surface area contributed by atoms with Crippen LogP contribution in [0.3, 0.4) is 0 Å². The van der Waals surface area contributed by atoms with E-state index in [2.05, 4.69) is 239 Å². The number of benzene rings is 9. The first-order valence-corrected chi connectivity index (χ1v) is 23.3. The van der Waals surface area contributed by atoms with Crippen LogP contribution in [0.2, 0.25) is 0 Å². The van der Waals surface area contributed by atoms with Crippen LogP contribution in [-0.2, 0) is 5.41 Å². The standard InChI is InChI=1S/C64H49N3/c1-40-34-42(3)59(54(35-40)57-39-56(45-24-14-8-15-25-45)65-63(66-57)46-26-16-9-17-27-46)50-37-48(32-30-41(50)2)67-58-33-31-47(43-20-10-6-11-21-43)36-52(58)53-38-51(44-22-12-7-13-23-44)61-60(62(53)67)49-28-18-19-29-55(49)64(61,4)5/h6-39H,1-5H3. The maximum Gasteiger partial charge on any atom is 0.160 e. The van der Waals surface area contributed by atoms with Gasteiger partial charge in [0.15, 0.2) is 5.82 Å². The fourth-order valence-electron chi connectivity index (χ4n) is 11.0. The van der Waals surface area contributed by atoms with Gasteiger partial charge in [-0.1, -0.05) is 183 Å². The molecular weight excluding hydrogens is 811 g/mol. The first kappa shape index (κ1) is 40.4. The molecule has 0 fully saturated rings. The van der Waals surface area contributed by atoms with E-state index in [4.69, 9.17) is 9.97 Å². The van der Waals surface area contributed by atoms with Crippen molar-refractivity contribution in [1.29, 1.82) is 0 Å². The summed E-state index contributed by atoms with van der Waals surface area (Å²) >= 11 is 0. The second-order valence-corrected chi connectivity index (χ2v) is 18.7. The molecule has 11 aromatic rings. The molecule has 0 N–H and O–H groups in total. The van der Waals surface area contributed by atoms with Crippen molar-refractivity contribution in [2.45, 2.75) is 40.0 Å². The maximum absolute atomic E-state index is 5.38. The van der Waals surface area contributed by atoms with E-state index < -0.39 is 0 Å². The molecule has 9 aromatic carbocycles. The number of aromatic nitrogens is 3. The topological polar surface area (TPSA) is 30.7 Å². The van der Waals surface area contributed by atoms with Gasteiger partial charge in [-0.05, 0) is 124 Å². The molecule has 0 spiro atoms. The lowest BCUT2D eigenvalue weighted by Crippen LogP contribution is -2.16. The van der Waals surface area contributed by atoms with Crippen molar-refractivity contribution in [3.63, 3.8) is 0 Å². The molecule has 0 aliphatic heterocycles. The molecule has 0 atom stereocenters. The van der Waals surface area contributed by atoms with Crippen LogP contribution in [0.25, 0.3) is 106 Å². The smallest absolute Gasteiger partial charge is 0.160 e. The van der Waals surface area contributed by atoms with Gasteiger partial charge in [0.05, 0.1) is 22.4 Å². The minimum atomic E-state index is -0.233. The SMILES string of the molecule is Cc1cc(C)c(-c2cc(-n3c4ccc(-c5ccccc5)cc4c4cc(-c5ccccc5)c5c(c43)-c3ccccc3C5(C)C)ccc2C)c(-c2cc(-c3ccccc3)nc(-c3ccccc3)n2)c1. The molecule has 1 aliphatic carbocycles. The Labute approximate surface area is 392 Å². The predicted molar refractivity (Wildman–Crippen MR) is 281 cm³/mol. The van der Waals surface area contributed by atoms with Crippen molar-refractivity contribution in [2.24, 2.45) is 0 Å². The summed E-state index contributed by atoms with van der Waals surface area (Å²) < 4.78 is 2.56. The molecule has 0 amide bonds. The Morgan fingerprint density at radius 3 is 1.75 bits per heavy atom. The number of hydrogen-bond acceptors (Lipinski definition) is 2. The van der Waals surface area contributed by atoms with E-state index in [0.29, 0.717) is 5.82 Å². The first-order chi connectivity index (χ1) is 32.7. The Morgan fingerprint density at radius 1 is 0.403 bits per heavy atom. The van der Waals surface area contributed by atoms with Crippen molar-refractivity contribution in [2.75, 3.05) is 0 Å². The average Bonchev–Trinajstić information content (AvgIpc) is 3.82. The fraction of sp³-hybridized carbons (Fsp3) is 0.0938. The van der Waals surface area contributed by atoms with Gasteiger partial charge in [-0.3, -0.25) is 0 Å². The largest absolute Gasteiger partial charge is 0.309 e. The summed E-state index contributed by atoms with van der Waals surface area (Å²) in [6, 6.07) is 75.0. The van der Waals surface area contributed by atoms with E-state index in [-0.39, 0.29) is 5.41 Å². The molecule has 0 saturated heterocycles. The normalized spacial score (nSPS) is 12.7. The summed E-state index contributed by atoms with van der Waals surface area (Å²) in [5, 5.41) is 2.48. The predicted octanol–water partition coefficient (Wildman–Crippen LogP) is 16.8. The van der Waals surface area contributed by atoms with Crippen LogP contribution in [0.4, 0.5) is 0 Å². The molecule has 3 nitrogen and oxygen atoms in total. The summed E-state index contributed by atoms with van der Waals surface area (Å²) in [5.41, 5.74) is 24.4. The highest BCUT2D eigenvalue weighted by atomic mass is 15.0. The Balaban J connectivity index is 1.16. The van der Waals surface area contributed by atoms with Crippen LogP contribution < -0.4 is 0 Å². The zero-order valence-electron chi connectivity index (χ0n) is 38.5.